The number of nitrogens with zero attached hydrogens (tertiary/aromatic N) is 1. The fourth-order valence-electron chi connectivity index (χ4n) is 2.36. The first-order valence-electron chi connectivity index (χ1n) is 6.85. The lowest BCUT2D eigenvalue weighted by Gasteiger charge is -2.37. The molecule has 0 aromatic rings. The van der Waals surface area contributed by atoms with Crippen LogP contribution in [0.4, 0.5) is 0 Å². The first kappa shape index (κ1) is 14.9. The molecule has 1 heterocycles. The summed E-state index contributed by atoms with van der Waals surface area (Å²) in [7, 11) is 1.82. The first-order chi connectivity index (χ1) is 7.84. The van der Waals surface area contributed by atoms with Gasteiger partial charge >= 0.3 is 0 Å². The maximum Gasteiger partial charge on any atom is 0.0724 e. The van der Waals surface area contributed by atoms with Crippen molar-refractivity contribution in [1.82, 2.24) is 4.90 Å². The molecule has 17 heavy (non-hydrogen) atoms. The van der Waals surface area contributed by atoms with Gasteiger partial charge in [-0.3, -0.25) is 0 Å². The van der Waals surface area contributed by atoms with Gasteiger partial charge in [-0.05, 0) is 37.3 Å². The third kappa shape index (κ3) is 4.57. The molecule has 0 aliphatic carbocycles. The zero-order valence-corrected chi connectivity index (χ0v) is 12.2. The summed E-state index contributed by atoms with van der Waals surface area (Å²) in [5.74, 6) is 0.688. The molecule has 0 saturated carbocycles. The van der Waals surface area contributed by atoms with Gasteiger partial charge in [0.2, 0.25) is 0 Å². The molecule has 0 radical (unpaired) electrons. The molecule has 1 aliphatic heterocycles. The summed E-state index contributed by atoms with van der Waals surface area (Å²) < 4.78 is 5.53. The minimum atomic E-state index is 0.212. The minimum Gasteiger partial charge on any atom is -0.380 e. The summed E-state index contributed by atoms with van der Waals surface area (Å²) >= 11 is 0. The van der Waals surface area contributed by atoms with E-state index in [2.05, 4.69) is 32.6 Å². The van der Waals surface area contributed by atoms with E-state index in [0.717, 1.165) is 19.5 Å². The van der Waals surface area contributed by atoms with Gasteiger partial charge in [-0.25, -0.2) is 0 Å². The van der Waals surface area contributed by atoms with Gasteiger partial charge in [-0.2, -0.15) is 0 Å². The van der Waals surface area contributed by atoms with Crippen LogP contribution in [0.25, 0.3) is 0 Å². The second kappa shape index (κ2) is 6.17. The van der Waals surface area contributed by atoms with Crippen LogP contribution in [0.3, 0.4) is 0 Å². The van der Waals surface area contributed by atoms with E-state index >= 15 is 0 Å². The number of hydrogen-bond acceptors (Lipinski definition) is 3. The molecule has 2 N–H and O–H groups in total. The molecule has 1 fully saturated rings. The van der Waals surface area contributed by atoms with Gasteiger partial charge in [0.25, 0.3) is 0 Å². The fourth-order valence-corrected chi connectivity index (χ4v) is 2.36. The van der Waals surface area contributed by atoms with E-state index in [9.17, 15) is 0 Å². The van der Waals surface area contributed by atoms with Gasteiger partial charge in [-0.15, -0.1) is 0 Å². The number of methoxy groups -OCH3 is 1. The van der Waals surface area contributed by atoms with Crippen LogP contribution in [0.15, 0.2) is 0 Å². The zero-order chi connectivity index (χ0) is 13.1. The Balaban J connectivity index is 2.33. The highest BCUT2D eigenvalue weighted by Crippen LogP contribution is 2.22. The number of piperidine rings is 1. The van der Waals surface area contributed by atoms with Crippen molar-refractivity contribution in [2.75, 3.05) is 26.7 Å². The summed E-state index contributed by atoms with van der Waals surface area (Å²) in [6.07, 6.45) is 2.71. The smallest absolute Gasteiger partial charge is 0.0724 e. The standard InChI is InChI=1S/C14H30N2O/c1-11-6-8-16(10-12(11)17-5)9-7-13(15)14(2,3)4/h11-13H,6-10,15H2,1-5H3. The van der Waals surface area contributed by atoms with E-state index in [1.807, 2.05) is 7.11 Å². The Bertz CT molecular complexity index is 225. The molecule has 0 aromatic heterocycles. The molecule has 1 aliphatic rings. The molecule has 3 unspecified atom stereocenters. The lowest BCUT2D eigenvalue weighted by Crippen LogP contribution is -2.46. The number of nitrogens with two attached hydrogens (primary N) is 1. The van der Waals surface area contributed by atoms with Crippen LogP contribution in [-0.2, 0) is 4.74 Å². The third-order valence-electron chi connectivity index (χ3n) is 4.14. The van der Waals surface area contributed by atoms with Crippen molar-refractivity contribution in [3.8, 4) is 0 Å². The molecular formula is C14H30N2O. The molecule has 3 nitrogen and oxygen atoms in total. The largest absolute Gasteiger partial charge is 0.380 e. The lowest BCUT2D eigenvalue weighted by molar-refractivity contribution is -0.00632. The summed E-state index contributed by atoms with van der Waals surface area (Å²) in [6, 6.07) is 0.280. The average molecular weight is 242 g/mol. The SMILES string of the molecule is COC1CN(CCC(N)C(C)(C)C)CCC1C. The maximum atomic E-state index is 6.20. The number of rotatable bonds is 4. The molecule has 0 aromatic carbocycles. The van der Waals surface area contributed by atoms with Crippen LogP contribution in [0.1, 0.15) is 40.5 Å². The molecule has 102 valence electrons. The Kier molecular flexibility index (Phi) is 5.42. The highest BCUT2D eigenvalue weighted by atomic mass is 16.5. The normalized spacial score (nSPS) is 29.3. The molecule has 0 amide bonds. The van der Waals surface area contributed by atoms with Crippen molar-refractivity contribution in [3.05, 3.63) is 0 Å². The molecule has 1 rings (SSSR count). The Morgan fingerprint density at radius 1 is 1.41 bits per heavy atom. The van der Waals surface area contributed by atoms with Crippen LogP contribution < -0.4 is 5.73 Å². The van der Waals surface area contributed by atoms with Gasteiger partial charge in [0.15, 0.2) is 0 Å². The van der Waals surface area contributed by atoms with E-state index in [-0.39, 0.29) is 11.5 Å². The average Bonchev–Trinajstić information content (AvgIpc) is 2.26. The van der Waals surface area contributed by atoms with Crippen molar-refractivity contribution in [3.63, 3.8) is 0 Å². The van der Waals surface area contributed by atoms with Gasteiger partial charge in [0, 0.05) is 19.7 Å². The number of hydrogen-bond donors (Lipinski definition) is 1. The Morgan fingerprint density at radius 2 is 2.06 bits per heavy atom. The summed E-state index contributed by atoms with van der Waals surface area (Å²) in [5, 5.41) is 0. The van der Waals surface area contributed by atoms with E-state index in [1.54, 1.807) is 0 Å². The van der Waals surface area contributed by atoms with Crippen molar-refractivity contribution < 1.29 is 4.74 Å². The van der Waals surface area contributed by atoms with E-state index in [0.29, 0.717) is 12.0 Å². The van der Waals surface area contributed by atoms with E-state index < -0.39 is 0 Å². The highest BCUT2D eigenvalue weighted by Gasteiger charge is 2.27. The highest BCUT2D eigenvalue weighted by molar-refractivity contribution is 4.82. The second-order valence-corrected chi connectivity index (χ2v) is 6.60. The van der Waals surface area contributed by atoms with Crippen molar-refractivity contribution >= 4 is 0 Å². The third-order valence-corrected chi connectivity index (χ3v) is 4.14. The van der Waals surface area contributed by atoms with Crippen LogP contribution in [0, 0.1) is 11.3 Å². The Morgan fingerprint density at radius 3 is 2.59 bits per heavy atom. The fraction of sp³-hybridized carbons (Fsp3) is 1.00. The van der Waals surface area contributed by atoms with E-state index in [4.69, 9.17) is 10.5 Å². The lowest BCUT2D eigenvalue weighted by atomic mass is 9.85. The van der Waals surface area contributed by atoms with Crippen LogP contribution in [-0.4, -0.2) is 43.8 Å². The van der Waals surface area contributed by atoms with Crippen molar-refractivity contribution in [2.45, 2.75) is 52.7 Å². The topological polar surface area (TPSA) is 38.5 Å². The summed E-state index contributed by atoms with van der Waals surface area (Å²) in [5.41, 5.74) is 6.42. The van der Waals surface area contributed by atoms with Gasteiger partial charge in [-0.1, -0.05) is 27.7 Å². The number of likely N-dealkylation sites (tertiary alicyclic amines) is 1. The molecule has 1 saturated heterocycles. The van der Waals surface area contributed by atoms with Gasteiger partial charge in [0.05, 0.1) is 6.10 Å². The molecular weight excluding hydrogens is 212 g/mol. The van der Waals surface area contributed by atoms with Crippen molar-refractivity contribution in [1.29, 1.82) is 0 Å². The Hall–Kier alpha value is -0.120. The first-order valence-corrected chi connectivity index (χ1v) is 6.85. The minimum absolute atomic E-state index is 0.212. The van der Waals surface area contributed by atoms with Crippen molar-refractivity contribution in [2.24, 2.45) is 17.1 Å². The molecule has 0 bridgehead atoms. The monoisotopic (exact) mass is 242 g/mol. The molecule has 0 spiro atoms. The van der Waals surface area contributed by atoms with Crippen LogP contribution >= 0.6 is 0 Å². The summed E-state index contributed by atoms with van der Waals surface area (Å²) in [4.78, 5) is 2.50. The van der Waals surface area contributed by atoms with Gasteiger partial charge < -0.3 is 15.4 Å². The molecule has 3 atom stereocenters. The number of ether oxygens (including phenoxy) is 1. The predicted octanol–water partition coefficient (Wildman–Crippen LogP) is 2.11. The molecule has 3 heteroatoms. The Labute approximate surface area is 107 Å². The quantitative estimate of drug-likeness (QED) is 0.820. The van der Waals surface area contributed by atoms with Crippen LogP contribution in [0.2, 0.25) is 0 Å². The van der Waals surface area contributed by atoms with Crippen LogP contribution in [0.5, 0.6) is 0 Å². The predicted molar refractivity (Wildman–Crippen MR) is 73.1 cm³/mol. The van der Waals surface area contributed by atoms with E-state index in [1.165, 1.54) is 13.0 Å². The zero-order valence-electron chi connectivity index (χ0n) is 12.2. The maximum absolute atomic E-state index is 6.20. The summed E-state index contributed by atoms with van der Waals surface area (Å²) in [6.45, 7) is 12.3. The second-order valence-electron chi connectivity index (χ2n) is 6.60. The van der Waals surface area contributed by atoms with Gasteiger partial charge in [0.1, 0.15) is 0 Å².